The van der Waals surface area contributed by atoms with Crippen LogP contribution in [0.1, 0.15) is 15.9 Å². The monoisotopic (exact) mass is 349 g/mol. The zero-order valence-electron chi connectivity index (χ0n) is 14.4. The fourth-order valence-electron chi connectivity index (χ4n) is 2.68. The summed E-state index contributed by atoms with van der Waals surface area (Å²) >= 11 is 0. The highest BCUT2D eigenvalue weighted by molar-refractivity contribution is 5.94. The molecule has 26 heavy (non-hydrogen) atoms. The number of H-pyrrole nitrogens is 1. The Labute approximate surface area is 150 Å². The number of hydrogen-bond acceptors (Lipinski definition) is 4. The van der Waals surface area contributed by atoms with Crippen molar-refractivity contribution in [2.75, 3.05) is 13.7 Å². The Morgan fingerprint density at radius 2 is 1.92 bits per heavy atom. The fourth-order valence-corrected chi connectivity index (χ4v) is 2.68. The minimum absolute atomic E-state index is 0.0827. The van der Waals surface area contributed by atoms with Crippen LogP contribution in [-0.4, -0.2) is 29.5 Å². The van der Waals surface area contributed by atoms with Crippen molar-refractivity contribution < 1.29 is 9.53 Å². The van der Waals surface area contributed by atoms with Crippen molar-refractivity contribution in [3.63, 3.8) is 0 Å². The van der Waals surface area contributed by atoms with Gasteiger partial charge >= 0.3 is 0 Å². The number of nitrogens with zero attached hydrogens (tertiary/aromatic N) is 1. The lowest BCUT2D eigenvalue weighted by molar-refractivity contribution is 0.0952. The van der Waals surface area contributed by atoms with Crippen LogP contribution in [0.3, 0.4) is 0 Å². The number of carbonyl (C=O) groups excluding carboxylic acids is 1. The summed E-state index contributed by atoms with van der Waals surface area (Å²) in [5, 5.41) is 2.79. The lowest BCUT2D eigenvalue weighted by atomic mass is 10.1. The molecule has 6 heteroatoms. The number of pyridine rings is 2. The van der Waals surface area contributed by atoms with E-state index in [9.17, 15) is 9.59 Å². The minimum atomic E-state index is -0.419. The largest absolute Gasteiger partial charge is 0.496 e. The Balaban J connectivity index is 1.71. The van der Waals surface area contributed by atoms with Gasteiger partial charge < -0.3 is 15.0 Å². The van der Waals surface area contributed by atoms with Crippen LogP contribution >= 0.6 is 0 Å². The van der Waals surface area contributed by atoms with Gasteiger partial charge in [-0.2, -0.15) is 0 Å². The second kappa shape index (κ2) is 8.11. The molecule has 0 spiro atoms. The summed E-state index contributed by atoms with van der Waals surface area (Å²) in [4.78, 5) is 31.0. The number of nitrogens with one attached hydrogen (secondary N) is 2. The molecule has 3 rings (SSSR count). The van der Waals surface area contributed by atoms with Crippen molar-refractivity contribution in [1.82, 2.24) is 15.3 Å². The molecule has 0 aliphatic heterocycles. The predicted molar refractivity (Wildman–Crippen MR) is 99.3 cm³/mol. The Kier molecular flexibility index (Phi) is 5.43. The topological polar surface area (TPSA) is 84.1 Å². The molecular formula is C20H19N3O3. The number of ether oxygens (including phenoxy) is 1. The van der Waals surface area contributed by atoms with Gasteiger partial charge in [-0.05, 0) is 47.4 Å². The minimum Gasteiger partial charge on any atom is -0.496 e. The number of carbonyl (C=O) groups is 1. The Morgan fingerprint density at radius 3 is 2.69 bits per heavy atom. The van der Waals surface area contributed by atoms with Gasteiger partial charge in [0.05, 0.1) is 7.11 Å². The van der Waals surface area contributed by atoms with Crippen LogP contribution in [0.2, 0.25) is 0 Å². The molecule has 0 aliphatic rings. The fraction of sp³-hybridized carbons (Fsp3) is 0.150. The van der Waals surface area contributed by atoms with Gasteiger partial charge in [0.25, 0.3) is 11.5 Å². The summed E-state index contributed by atoms with van der Waals surface area (Å²) in [5.41, 5.74) is 2.29. The summed E-state index contributed by atoms with van der Waals surface area (Å²) in [6.07, 6.45) is 5.52. The molecule has 1 amide bonds. The number of aromatic amines is 1. The molecule has 3 aromatic rings. The number of benzene rings is 1. The lowest BCUT2D eigenvalue weighted by Gasteiger charge is -2.09. The second-order valence-electron chi connectivity index (χ2n) is 5.68. The first kappa shape index (κ1) is 17.4. The molecule has 6 nitrogen and oxygen atoms in total. The lowest BCUT2D eigenvalue weighted by Crippen LogP contribution is -2.31. The number of hydrogen-bond donors (Lipinski definition) is 2. The van der Waals surface area contributed by atoms with Crippen LogP contribution in [0, 0.1) is 0 Å². The highest BCUT2D eigenvalue weighted by Crippen LogP contribution is 2.18. The molecule has 132 valence electrons. The van der Waals surface area contributed by atoms with Crippen LogP contribution in [0.25, 0.3) is 11.1 Å². The van der Waals surface area contributed by atoms with Crippen molar-refractivity contribution in [2.24, 2.45) is 0 Å². The first-order valence-corrected chi connectivity index (χ1v) is 8.22. The van der Waals surface area contributed by atoms with E-state index in [0.29, 0.717) is 13.0 Å². The number of amides is 1. The molecular weight excluding hydrogens is 330 g/mol. The first-order valence-electron chi connectivity index (χ1n) is 8.22. The first-order chi connectivity index (χ1) is 12.7. The maximum absolute atomic E-state index is 12.4. The quantitative estimate of drug-likeness (QED) is 0.716. The molecule has 1 aromatic carbocycles. The van der Waals surface area contributed by atoms with Gasteiger partial charge in [-0.1, -0.05) is 18.2 Å². The van der Waals surface area contributed by atoms with E-state index < -0.39 is 11.5 Å². The summed E-state index contributed by atoms with van der Waals surface area (Å²) in [5.74, 6) is 0.372. The van der Waals surface area contributed by atoms with Crippen molar-refractivity contribution >= 4 is 5.91 Å². The van der Waals surface area contributed by atoms with E-state index in [4.69, 9.17) is 4.74 Å². The second-order valence-corrected chi connectivity index (χ2v) is 5.68. The van der Waals surface area contributed by atoms with Crippen molar-refractivity contribution in [3.05, 3.63) is 82.5 Å². The van der Waals surface area contributed by atoms with Gasteiger partial charge in [-0.15, -0.1) is 0 Å². The highest BCUT2D eigenvalue weighted by Gasteiger charge is 2.12. The number of methoxy groups -OCH3 is 1. The molecule has 0 bridgehead atoms. The molecule has 2 aromatic heterocycles. The highest BCUT2D eigenvalue weighted by atomic mass is 16.5. The van der Waals surface area contributed by atoms with Crippen molar-refractivity contribution in [3.8, 4) is 16.9 Å². The molecule has 0 fully saturated rings. The van der Waals surface area contributed by atoms with Crippen LogP contribution in [0.5, 0.6) is 5.75 Å². The molecule has 0 saturated carbocycles. The normalized spacial score (nSPS) is 10.3. The van der Waals surface area contributed by atoms with Gasteiger partial charge in [0.15, 0.2) is 0 Å². The molecule has 0 unspecified atom stereocenters. The van der Waals surface area contributed by atoms with Gasteiger partial charge in [0.2, 0.25) is 0 Å². The van der Waals surface area contributed by atoms with Gasteiger partial charge in [-0.25, -0.2) is 0 Å². The zero-order chi connectivity index (χ0) is 18.4. The summed E-state index contributed by atoms with van der Waals surface area (Å²) in [7, 11) is 1.61. The van der Waals surface area contributed by atoms with Gasteiger partial charge in [0, 0.05) is 25.1 Å². The van der Waals surface area contributed by atoms with E-state index in [1.165, 1.54) is 0 Å². The molecule has 0 aliphatic carbocycles. The SMILES string of the molecule is COc1ccccc1CCNC(=O)c1cc(-c2ccncc2)c[nH]c1=O. The number of rotatable bonds is 6. The summed E-state index contributed by atoms with van der Waals surface area (Å²) in [6, 6.07) is 12.9. The van der Waals surface area contributed by atoms with E-state index in [2.05, 4.69) is 15.3 Å². The van der Waals surface area contributed by atoms with E-state index in [1.807, 2.05) is 36.4 Å². The summed E-state index contributed by atoms with van der Waals surface area (Å²) < 4.78 is 5.30. The maximum atomic E-state index is 12.4. The molecule has 0 radical (unpaired) electrons. The average Bonchev–Trinajstić information content (AvgIpc) is 2.69. The maximum Gasteiger partial charge on any atom is 0.260 e. The Hall–Kier alpha value is -3.41. The van der Waals surface area contributed by atoms with Crippen molar-refractivity contribution in [1.29, 1.82) is 0 Å². The van der Waals surface area contributed by atoms with Gasteiger partial charge in [0.1, 0.15) is 11.3 Å². The smallest absolute Gasteiger partial charge is 0.260 e. The van der Waals surface area contributed by atoms with E-state index in [0.717, 1.165) is 22.4 Å². The Morgan fingerprint density at radius 1 is 1.15 bits per heavy atom. The summed E-state index contributed by atoms with van der Waals surface area (Å²) in [6.45, 7) is 0.401. The van der Waals surface area contributed by atoms with E-state index in [-0.39, 0.29) is 5.56 Å². The predicted octanol–water partition coefficient (Wildman–Crippen LogP) is 2.42. The molecule has 2 N–H and O–H groups in total. The van der Waals surface area contributed by atoms with Crippen LogP contribution in [0.4, 0.5) is 0 Å². The van der Waals surface area contributed by atoms with E-state index in [1.54, 1.807) is 31.8 Å². The standard InChI is InChI=1S/C20H19N3O3/c1-26-18-5-3-2-4-15(18)8-11-22-19(24)17-12-16(13-23-20(17)25)14-6-9-21-10-7-14/h2-7,9-10,12-13H,8,11H2,1H3,(H,22,24)(H,23,25). The van der Waals surface area contributed by atoms with Crippen LogP contribution in [-0.2, 0) is 6.42 Å². The molecule has 2 heterocycles. The van der Waals surface area contributed by atoms with Gasteiger partial charge in [-0.3, -0.25) is 14.6 Å². The van der Waals surface area contributed by atoms with Crippen LogP contribution in [0.15, 0.2) is 65.8 Å². The van der Waals surface area contributed by atoms with Crippen LogP contribution < -0.4 is 15.6 Å². The third kappa shape index (κ3) is 3.97. The third-order valence-corrected chi connectivity index (χ3v) is 4.03. The molecule has 0 saturated heterocycles. The zero-order valence-corrected chi connectivity index (χ0v) is 14.4. The third-order valence-electron chi connectivity index (χ3n) is 4.03. The number of para-hydroxylation sites is 1. The Bertz CT molecular complexity index is 952. The number of aromatic nitrogens is 2. The van der Waals surface area contributed by atoms with Crippen molar-refractivity contribution in [2.45, 2.75) is 6.42 Å². The molecule has 0 atom stereocenters. The average molecular weight is 349 g/mol. The van der Waals surface area contributed by atoms with E-state index >= 15 is 0 Å².